The van der Waals surface area contributed by atoms with Gasteiger partial charge in [-0.3, -0.25) is 14.6 Å². The Morgan fingerprint density at radius 1 is 0.969 bits per heavy atom. The number of amides is 1. The van der Waals surface area contributed by atoms with Crippen LogP contribution >= 0.6 is 0 Å². The number of aromatic nitrogens is 1. The number of pyridine rings is 1. The van der Waals surface area contributed by atoms with Crippen molar-refractivity contribution in [3.05, 3.63) is 111 Å². The van der Waals surface area contributed by atoms with E-state index in [0.29, 0.717) is 23.1 Å². The van der Waals surface area contributed by atoms with Gasteiger partial charge in [0.05, 0.1) is 17.0 Å². The third-order valence-corrected chi connectivity index (χ3v) is 6.04. The van der Waals surface area contributed by atoms with Gasteiger partial charge in [0.1, 0.15) is 5.58 Å². The molecule has 5 heteroatoms. The second-order valence-electron chi connectivity index (χ2n) is 9.24. The molecule has 2 aromatic heterocycles. The average molecular weight is 425 g/mol. The molecule has 1 unspecified atom stereocenters. The fourth-order valence-corrected chi connectivity index (χ4v) is 4.33. The minimum atomic E-state index is -0.521. The summed E-state index contributed by atoms with van der Waals surface area (Å²) in [4.78, 5) is 32.9. The number of carbonyl (C=O) groups excluding carboxylic acids is 1. The van der Waals surface area contributed by atoms with Crippen molar-refractivity contribution in [2.45, 2.75) is 38.8 Å². The Morgan fingerprint density at radius 2 is 1.72 bits per heavy atom. The number of benzene rings is 2. The summed E-state index contributed by atoms with van der Waals surface area (Å²) in [5.74, 6) is -0.154. The van der Waals surface area contributed by atoms with Gasteiger partial charge in [0.15, 0.2) is 5.43 Å². The lowest BCUT2D eigenvalue weighted by Gasteiger charge is -2.26. The van der Waals surface area contributed by atoms with Crippen molar-refractivity contribution >= 4 is 16.9 Å². The molecule has 0 fully saturated rings. The van der Waals surface area contributed by atoms with Crippen molar-refractivity contribution in [3.63, 3.8) is 0 Å². The van der Waals surface area contributed by atoms with E-state index >= 15 is 0 Å². The third-order valence-electron chi connectivity index (χ3n) is 6.04. The fraction of sp³-hybridized carbons (Fsp3) is 0.222. The minimum absolute atomic E-state index is 0.00651. The predicted molar refractivity (Wildman–Crippen MR) is 124 cm³/mol. The maximum atomic E-state index is 13.5. The molecule has 4 aromatic rings. The molecule has 0 saturated carbocycles. The van der Waals surface area contributed by atoms with Crippen LogP contribution in [-0.2, 0) is 12.0 Å². The summed E-state index contributed by atoms with van der Waals surface area (Å²) in [6.07, 6.45) is 3.44. The molecule has 1 aliphatic rings. The van der Waals surface area contributed by atoms with Crippen molar-refractivity contribution in [3.8, 4) is 0 Å². The zero-order valence-electron chi connectivity index (χ0n) is 18.3. The van der Waals surface area contributed by atoms with E-state index in [9.17, 15) is 9.59 Å². The second-order valence-corrected chi connectivity index (χ2v) is 9.24. The number of carbonyl (C=O) groups is 1. The Balaban J connectivity index is 1.69. The van der Waals surface area contributed by atoms with Gasteiger partial charge < -0.3 is 9.32 Å². The monoisotopic (exact) mass is 424 g/mol. The lowest BCUT2D eigenvalue weighted by atomic mass is 9.86. The minimum Gasteiger partial charge on any atom is -0.450 e. The molecule has 0 aliphatic carbocycles. The van der Waals surface area contributed by atoms with Crippen LogP contribution in [0.4, 0.5) is 0 Å². The molecule has 32 heavy (non-hydrogen) atoms. The van der Waals surface area contributed by atoms with E-state index in [1.807, 2.05) is 30.3 Å². The molecule has 5 nitrogen and oxygen atoms in total. The Hall–Kier alpha value is -3.73. The van der Waals surface area contributed by atoms with E-state index in [1.165, 1.54) is 5.56 Å². The highest BCUT2D eigenvalue weighted by Crippen LogP contribution is 2.39. The van der Waals surface area contributed by atoms with Crippen LogP contribution in [0.15, 0.2) is 82.3 Å². The van der Waals surface area contributed by atoms with Crippen LogP contribution in [-0.4, -0.2) is 15.8 Å². The molecule has 160 valence electrons. The molecule has 5 rings (SSSR count). The van der Waals surface area contributed by atoms with Gasteiger partial charge in [-0.25, -0.2) is 0 Å². The highest BCUT2D eigenvalue weighted by atomic mass is 16.3. The summed E-state index contributed by atoms with van der Waals surface area (Å²) < 4.78 is 5.99. The Bertz CT molecular complexity index is 1370. The van der Waals surface area contributed by atoms with Gasteiger partial charge >= 0.3 is 0 Å². The predicted octanol–water partition coefficient (Wildman–Crippen LogP) is 5.23. The van der Waals surface area contributed by atoms with E-state index < -0.39 is 6.04 Å². The first-order valence-electron chi connectivity index (χ1n) is 10.7. The molecule has 0 spiro atoms. The summed E-state index contributed by atoms with van der Waals surface area (Å²) in [5, 5.41) is 0.485. The SMILES string of the molecule is CC(C)(C)c1ccc(C2c3c(oc4ccccc4c3=O)C(=O)N2Cc2cccnc2)cc1. The van der Waals surface area contributed by atoms with Gasteiger partial charge in [0, 0.05) is 18.9 Å². The van der Waals surface area contributed by atoms with Crippen molar-refractivity contribution < 1.29 is 9.21 Å². The van der Waals surface area contributed by atoms with E-state index in [1.54, 1.807) is 35.5 Å². The topological polar surface area (TPSA) is 63.4 Å². The molecule has 0 N–H and O–H groups in total. The quantitative estimate of drug-likeness (QED) is 0.452. The number of rotatable bonds is 3. The highest BCUT2D eigenvalue weighted by Gasteiger charge is 2.42. The van der Waals surface area contributed by atoms with Crippen molar-refractivity contribution in [1.82, 2.24) is 9.88 Å². The first-order chi connectivity index (χ1) is 15.3. The van der Waals surface area contributed by atoms with Crippen LogP contribution < -0.4 is 5.43 Å². The zero-order chi connectivity index (χ0) is 22.5. The fourth-order valence-electron chi connectivity index (χ4n) is 4.33. The van der Waals surface area contributed by atoms with E-state index in [2.05, 4.69) is 37.9 Å². The standard InChI is InChI=1S/C27H24N2O3/c1-27(2,3)19-12-10-18(11-13-19)23-22-24(30)20-8-4-5-9-21(20)32-25(22)26(31)29(23)16-17-7-6-14-28-15-17/h4-15,23H,16H2,1-3H3. The van der Waals surface area contributed by atoms with Crippen LogP contribution in [0.1, 0.15) is 59.6 Å². The molecular weight excluding hydrogens is 400 g/mol. The number of hydrogen-bond acceptors (Lipinski definition) is 4. The van der Waals surface area contributed by atoms with Gasteiger partial charge in [-0.2, -0.15) is 0 Å². The van der Waals surface area contributed by atoms with E-state index in [4.69, 9.17) is 4.42 Å². The van der Waals surface area contributed by atoms with Crippen LogP contribution in [0.2, 0.25) is 0 Å². The highest BCUT2D eigenvalue weighted by molar-refractivity contribution is 5.99. The van der Waals surface area contributed by atoms with E-state index in [0.717, 1.165) is 11.1 Å². The van der Waals surface area contributed by atoms with E-state index in [-0.39, 0.29) is 22.5 Å². The number of hydrogen-bond donors (Lipinski definition) is 0. The molecule has 3 heterocycles. The molecule has 0 bridgehead atoms. The van der Waals surface area contributed by atoms with Crippen LogP contribution in [0.5, 0.6) is 0 Å². The first-order valence-corrected chi connectivity index (χ1v) is 10.7. The van der Waals surface area contributed by atoms with Gasteiger partial charge in [0.2, 0.25) is 5.76 Å². The Kier molecular flexibility index (Phi) is 4.70. The molecule has 1 amide bonds. The molecule has 1 atom stereocenters. The van der Waals surface area contributed by atoms with Crippen molar-refractivity contribution in [2.24, 2.45) is 0 Å². The summed E-state index contributed by atoms with van der Waals surface area (Å²) in [7, 11) is 0. The second kappa shape index (κ2) is 7.45. The maximum Gasteiger partial charge on any atom is 0.291 e. The van der Waals surface area contributed by atoms with Crippen LogP contribution in [0.25, 0.3) is 11.0 Å². The zero-order valence-corrected chi connectivity index (χ0v) is 18.3. The molecule has 0 radical (unpaired) electrons. The Morgan fingerprint density at radius 3 is 2.41 bits per heavy atom. The van der Waals surface area contributed by atoms with Gasteiger partial charge in [-0.1, -0.05) is 63.2 Å². The molecular formula is C27H24N2O3. The summed E-state index contributed by atoms with van der Waals surface area (Å²) in [5.41, 5.74) is 3.64. The summed E-state index contributed by atoms with van der Waals surface area (Å²) in [6, 6.07) is 18.5. The van der Waals surface area contributed by atoms with Crippen molar-refractivity contribution in [2.75, 3.05) is 0 Å². The van der Waals surface area contributed by atoms with Crippen molar-refractivity contribution in [1.29, 1.82) is 0 Å². The average Bonchev–Trinajstić information content (AvgIpc) is 3.06. The number of nitrogens with zero attached hydrogens (tertiary/aromatic N) is 2. The van der Waals surface area contributed by atoms with Gasteiger partial charge in [-0.15, -0.1) is 0 Å². The van der Waals surface area contributed by atoms with Gasteiger partial charge in [-0.05, 0) is 40.3 Å². The Labute approximate surface area is 186 Å². The largest absolute Gasteiger partial charge is 0.450 e. The molecule has 0 saturated heterocycles. The van der Waals surface area contributed by atoms with Crippen LogP contribution in [0.3, 0.4) is 0 Å². The third kappa shape index (κ3) is 3.30. The number of fused-ring (bicyclic) bond motifs is 2. The summed E-state index contributed by atoms with van der Waals surface area (Å²) in [6.45, 7) is 6.81. The molecule has 2 aromatic carbocycles. The first kappa shape index (κ1) is 20.2. The summed E-state index contributed by atoms with van der Waals surface area (Å²) >= 11 is 0. The lowest BCUT2D eigenvalue weighted by molar-refractivity contribution is 0.0714. The molecule has 1 aliphatic heterocycles. The smallest absolute Gasteiger partial charge is 0.291 e. The normalized spacial score (nSPS) is 15.9. The lowest BCUT2D eigenvalue weighted by Crippen LogP contribution is -2.29. The number of para-hydroxylation sites is 1. The van der Waals surface area contributed by atoms with Crippen LogP contribution in [0, 0.1) is 0 Å². The maximum absolute atomic E-state index is 13.5. The van der Waals surface area contributed by atoms with Gasteiger partial charge in [0.25, 0.3) is 5.91 Å².